The van der Waals surface area contributed by atoms with Gasteiger partial charge in [-0.2, -0.15) is 0 Å². The van der Waals surface area contributed by atoms with Gasteiger partial charge in [0.2, 0.25) is 0 Å². The number of rotatable bonds is 3. The molecule has 2 rings (SSSR count). The number of non-ortho nitro benzene ring substituents is 1. The Labute approximate surface area is 118 Å². The van der Waals surface area contributed by atoms with Crippen LogP contribution in [0.25, 0.3) is 0 Å². The van der Waals surface area contributed by atoms with Crippen LogP contribution < -0.4 is 5.32 Å². The molecule has 0 saturated heterocycles. The molecule has 0 saturated carbocycles. The van der Waals surface area contributed by atoms with Gasteiger partial charge < -0.3 is 5.32 Å². The van der Waals surface area contributed by atoms with Gasteiger partial charge in [-0.15, -0.1) is 0 Å². The van der Waals surface area contributed by atoms with E-state index in [1.807, 2.05) is 0 Å². The van der Waals surface area contributed by atoms with Crippen LogP contribution in [0.1, 0.15) is 15.9 Å². The van der Waals surface area contributed by atoms with Crippen LogP contribution in [0.15, 0.2) is 36.4 Å². The van der Waals surface area contributed by atoms with E-state index in [0.717, 1.165) is 18.2 Å². The third-order valence-corrected chi connectivity index (χ3v) is 2.86. The Balaban J connectivity index is 2.28. The number of benzene rings is 2. The minimum Gasteiger partial charge on any atom is -0.321 e. The molecular formula is C14H10F2N2O3. The third kappa shape index (κ3) is 3.19. The Bertz CT molecular complexity index is 732. The van der Waals surface area contributed by atoms with Crippen molar-refractivity contribution >= 4 is 17.3 Å². The van der Waals surface area contributed by atoms with Gasteiger partial charge in [-0.05, 0) is 30.7 Å². The number of amides is 1. The van der Waals surface area contributed by atoms with Gasteiger partial charge in [-0.25, -0.2) is 8.78 Å². The molecule has 108 valence electrons. The summed E-state index contributed by atoms with van der Waals surface area (Å²) in [5, 5.41) is 13.1. The van der Waals surface area contributed by atoms with Crippen molar-refractivity contribution in [3.63, 3.8) is 0 Å². The van der Waals surface area contributed by atoms with Crippen molar-refractivity contribution in [2.45, 2.75) is 6.92 Å². The summed E-state index contributed by atoms with van der Waals surface area (Å²) in [4.78, 5) is 22.1. The van der Waals surface area contributed by atoms with Crippen molar-refractivity contribution < 1.29 is 18.5 Å². The van der Waals surface area contributed by atoms with Crippen molar-refractivity contribution in [1.82, 2.24) is 0 Å². The van der Waals surface area contributed by atoms with E-state index in [0.29, 0.717) is 5.56 Å². The van der Waals surface area contributed by atoms with Gasteiger partial charge in [0.15, 0.2) is 11.6 Å². The van der Waals surface area contributed by atoms with Crippen LogP contribution >= 0.6 is 0 Å². The fraction of sp³-hybridized carbons (Fsp3) is 0.0714. The molecule has 0 fully saturated rings. The summed E-state index contributed by atoms with van der Waals surface area (Å²) in [5.74, 6) is -2.88. The van der Waals surface area contributed by atoms with E-state index in [2.05, 4.69) is 5.32 Å². The van der Waals surface area contributed by atoms with Crippen LogP contribution in [0.5, 0.6) is 0 Å². The number of nitro benzene ring substituents is 1. The summed E-state index contributed by atoms with van der Waals surface area (Å²) in [5.41, 5.74) is 0.580. The second-order valence-corrected chi connectivity index (χ2v) is 4.34. The SMILES string of the molecule is Cc1ccc([N+](=O)[O-])cc1NC(=O)c1ccc(F)c(F)c1. The zero-order valence-electron chi connectivity index (χ0n) is 10.9. The number of anilines is 1. The molecule has 0 heterocycles. The zero-order valence-corrected chi connectivity index (χ0v) is 10.9. The first kappa shape index (κ1) is 14.6. The molecule has 0 aliphatic heterocycles. The predicted molar refractivity (Wildman–Crippen MR) is 72.1 cm³/mol. The second-order valence-electron chi connectivity index (χ2n) is 4.34. The van der Waals surface area contributed by atoms with Gasteiger partial charge >= 0.3 is 0 Å². The molecule has 0 radical (unpaired) electrons. The van der Waals surface area contributed by atoms with Crippen molar-refractivity contribution in [2.24, 2.45) is 0 Å². The molecule has 1 amide bonds. The van der Waals surface area contributed by atoms with Crippen molar-refractivity contribution in [3.8, 4) is 0 Å². The molecule has 0 spiro atoms. The second kappa shape index (κ2) is 5.66. The molecule has 5 nitrogen and oxygen atoms in total. The number of carbonyl (C=O) groups excluding carboxylic acids is 1. The zero-order chi connectivity index (χ0) is 15.6. The van der Waals surface area contributed by atoms with Crippen LogP contribution in [0.2, 0.25) is 0 Å². The minimum atomic E-state index is -1.14. The monoisotopic (exact) mass is 292 g/mol. The van der Waals surface area contributed by atoms with E-state index in [1.165, 1.54) is 18.2 Å². The van der Waals surface area contributed by atoms with Gasteiger partial charge in [-0.1, -0.05) is 6.07 Å². The van der Waals surface area contributed by atoms with Crippen LogP contribution in [-0.2, 0) is 0 Å². The van der Waals surface area contributed by atoms with Crippen LogP contribution in [0, 0.1) is 28.7 Å². The summed E-state index contributed by atoms with van der Waals surface area (Å²) in [6.07, 6.45) is 0. The van der Waals surface area contributed by atoms with Crippen molar-refractivity contribution in [1.29, 1.82) is 0 Å². The van der Waals surface area contributed by atoms with E-state index in [1.54, 1.807) is 6.92 Å². The van der Waals surface area contributed by atoms with Crippen LogP contribution in [0.3, 0.4) is 0 Å². The van der Waals surface area contributed by atoms with Gasteiger partial charge in [-0.3, -0.25) is 14.9 Å². The van der Waals surface area contributed by atoms with E-state index in [-0.39, 0.29) is 16.9 Å². The lowest BCUT2D eigenvalue weighted by Gasteiger charge is -2.08. The first-order valence-electron chi connectivity index (χ1n) is 5.90. The maximum atomic E-state index is 13.1. The van der Waals surface area contributed by atoms with Gasteiger partial charge in [0, 0.05) is 17.7 Å². The Kier molecular flexibility index (Phi) is 3.93. The molecule has 0 bridgehead atoms. The lowest BCUT2D eigenvalue weighted by molar-refractivity contribution is -0.384. The summed E-state index contributed by atoms with van der Waals surface area (Å²) >= 11 is 0. The summed E-state index contributed by atoms with van der Waals surface area (Å²) in [6.45, 7) is 1.66. The number of hydrogen-bond acceptors (Lipinski definition) is 3. The number of carbonyl (C=O) groups is 1. The highest BCUT2D eigenvalue weighted by Crippen LogP contribution is 2.22. The number of nitro groups is 1. The van der Waals surface area contributed by atoms with E-state index < -0.39 is 22.5 Å². The topological polar surface area (TPSA) is 72.2 Å². The van der Waals surface area contributed by atoms with E-state index in [9.17, 15) is 23.7 Å². The first-order valence-corrected chi connectivity index (χ1v) is 5.90. The lowest BCUT2D eigenvalue weighted by atomic mass is 10.1. The molecule has 7 heteroatoms. The average Bonchev–Trinajstić information content (AvgIpc) is 2.43. The van der Waals surface area contributed by atoms with Crippen molar-refractivity contribution in [2.75, 3.05) is 5.32 Å². The fourth-order valence-electron chi connectivity index (χ4n) is 1.69. The maximum absolute atomic E-state index is 13.1. The molecule has 0 unspecified atom stereocenters. The highest BCUT2D eigenvalue weighted by Gasteiger charge is 2.13. The maximum Gasteiger partial charge on any atom is 0.271 e. The number of nitrogens with one attached hydrogen (secondary N) is 1. The Morgan fingerprint density at radius 2 is 1.86 bits per heavy atom. The molecule has 0 aromatic heterocycles. The Hall–Kier alpha value is -2.83. The normalized spacial score (nSPS) is 10.2. The Morgan fingerprint density at radius 3 is 2.48 bits per heavy atom. The summed E-state index contributed by atoms with van der Waals surface area (Å²) in [7, 11) is 0. The third-order valence-electron chi connectivity index (χ3n) is 2.86. The Morgan fingerprint density at radius 1 is 1.14 bits per heavy atom. The minimum absolute atomic E-state index is 0.0835. The molecular weight excluding hydrogens is 282 g/mol. The molecule has 0 aliphatic rings. The van der Waals surface area contributed by atoms with Gasteiger partial charge in [0.1, 0.15) is 0 Å². The van der Waals surface area contributed by atoms with Crippen LogP contribution in [-0.4, -0.2) is 10.8 Å². The fourth-order valence-corrected chi connectivity index (χ4v) is 1.69. The van der Waals surface area contributed by atoms with E-state index >= 15 is 0 Å². The molecule has 0 atom stereocenters. The van der Waals surface area contributed by atoms with Gasteiger partial charge in [0.05, 0.1) is 10.6 Å². The summed E-state index contributed by atoms with van der Waals surface area (Å²) < 4.78 is 25.9. The largest absolute Gasteiger partial charge is 0.321 e. The highest BCUT2D eigenvalue weighted by molar-refractivity contribution is 6.04. The average molecular weight is 292 g/mol. The van der Waals surface area contributed by atoms with Gasteiger partial charge in [0.25, 0.3) is 11.6 Å². The summed E-state index contributed by atoms with van der Waals surface area (Å²) in [6, 6.07) is 6.72. The first-order chi connectivity index (χ1) is 9.88. The number of nitrogens with zero attached hydrogens (tertiary/aromatic N) is 1. The molecule has 0 aliphatic carbocycles. The lowest BCUT2D eigenvalue weighted by Crippen LogP contribution is -2.13. The predicted octanol–water partition coefficient (Wildman–Crippen LogP) is 3.43. The number of hydrogen-bond donors (Lipinski definition) is 1. The van der Waals surface area contributed by atoms with Crippen molar-refractivity contribution in [3.05, 3.63) is 69.3 Å². The number of aryl methyl sites for hydroxylation is 1. The quantitative estimate of drug-likeness (QED) is 0.695. The molecule has 1 N–H and O–H groups in total. The number of halogens is 2. The highest BCUT2D eigenvalue weighted by atomic mass is 19.2. The smallest absolute Gasteiger partial charge is 0.271 e. The van der Waals surface area contributed by atoms with Crippen LogP contribution in [0.4, 0.5) is 20.2 Å². The molecule has 2 aromatic carbocycles. The molecule has 2 aromatic rings. The molecule has 21 heavy (non-hydrogen) atoms. The van der Waals surface area contributed by atoms with E-state index in [4.69, 9.17) is 0 Å². The standard InChI is InChI=1S/C14H10F2N2O3/c1-8-2-4-10(18(20)21)7-13(8)17-14(19)9-3-5-11(15)12(16)6-9/h2-7H,1H3,(H,17,19).